The van der Waals surface area contributed by atoms with E-state index in [0.29, 0.717) is 23.7 Å². The summed E-state index contributed by atoms with van der Waals surface area (Å²) in [5.41, 5.74) is 0.639. The molecular weight excluding hydrogens is 300 g/mol. The van der Waals surface area contributed by atoms with Crippen molar-refractivity contribution in [3.8, 4) is 0 Å². The molecule has 0 spiro atoms. The summed E-state index contributed by atoms with van der Waals surface area (Å²) >= 11 is 5.88. The first-order valence-electron chi connectivity index (χ1n) is 7.95. The number of carbonyl (C=O) groups is 2. The summed E-state index contributed by atoms with van der Waals surface area (Å²) in [6.45, 7) is 4.06. The number of benzene rings is 1. The molecule has 0 unspecified atom stereocenters. The molecule has 2 atom stereocenters. The van der Waals surface area contributed by atoms with Crippen molar-refractivity contribution < 1.29 is 9.59 Å². The van der Waals surface area contributed by atoms with Crippen molar-refractivity contribution in [2.45, 2.75) is 32.2 Å². The zero-order valence-electron chi connectivity index (χ0n) is 12.8. The van der Waals surface area contributed by atoms with Crippen LogP contribution in [-0.2, 0) is 4.79 Å². The van der Waals surface area contributed by atoms with E-state index in [4.69, 9.17) is 11.6 Å². The van der Waals surface area contributed by atoms with Crippen LogP contribution in [0.1, 0.15) is 36.5 Å². The predicted molar refractivity (Wildman–Crippen MR) is 85.9 cm³/mol. The van der Waals surface area contributed by atoms with Gasteiger partial charge in [-0.3, -0.25) is 9.59 Å². The first kappa shape index (κ1) is 15.3. The fourth-order valence-corrected chi connectivity index (χ4v) is 3.64. The molecule has 0 radical (unpaired) electrons. The van der Waals surface area contributed by atoms with Crippen LogP contribution in [0.5, 0.6) is 0 Å². The maximum Gasteiger partial charge on any atom is 0.253 e. The normalized spacial score (nSPS) is 24.5. The van der Waals surface area contributed by atoms with Crippen LogP contribution in [0, 0.1) is 5.92 Å². The molecule has 4 rings (SSSR count). The van der Waals surface area contributed by atoms with Crippen molar-refractivity contribution in [3.63, 3.8) is 0 Å². The lowest BCUT2D eigenvalue weighted by molar-refractivity contribution is -0.139. The van der Waals surface area contributed by atoms with Crippen LogP contribution in [0.3, 0.4) is 0 Å². The first-order chi connectivity index (χ1) is 10.6. The highest BCUT2D eigenvalue weighted by Crippen LogP contribution is 2.30. The van der Waals surface area contributed by atoms with Gasteiger partial charge in [0.25, 0.3) is 5.91 Å². The molecule has 4 nitrogen and oxygen atoms in total. The van der Waals surface area contributed by atoms with Crippen LogP contribution in [0.25, 0.3) is 0 Å². The molecule has 3 fully saturated rings. The zero-order chi connectivity index (χ0) is 15.7. The quantitative estimate of drug-likeness (QED) is 0.859. The van der Waals surface area contributed by atoms with Crippen molar-refractivity contribution in [3.05, 3.63) is 34.9 Å². The Balaban J connectivity index is 1.80. The smallest absolute Gasteiger partial charge is 0.253 e. The molecule has 3 heterocycles. The van der Waals surface area contributed by atoms with Crippen LogP contribution >= 0.6 is 11.6 Å². The summed E-state index contributed by atoms with van der Waals surface area (Å²) in [6.07, 6.45) is 2.86. The van der Waals surface area contributed by atoms with E-state index in [9.17, 15) is 9.59 Å². The number of carbonyl (C=O) groups excluding carboxylic acids is 2. The van der Waals surface area contributed by atoms with Crippen molar-refractivity contribution in [2.75, 3.05) is 19.6 Å². The van der Waals surface area contributed by atoms with Crippen molar-refractivity contribution in [1.29, 1.82) is 0 Å². The third-order valence-corrected chi connectivity index (χ3v) is 4.89. The van der Waals surface area contributed by atoms with Crippen molar-refractivity contribution in [2.24, 2.45) is 5.92 Å². The van der Waals surface area contributed by atoms with Gasteiger partial charge in [0, 0.05) is 36.3 Å². The van der Waals surface area contributed by atoms with Gasteiger partial charge < -0.3 is 9.80 Å². The predicted octanol–water partition coefficient (Wildman–Crippen LogP) is 2.81. The molecule has 0 aromatic heterocycles. The van der Waals surface area contributed by atoms with E-state index in [2.05, 4.69) is 6.92 Å². The number of nitrogens with zero attached hydrogens (tertiary/aromatic N) is 2. The second kappa shape index (κ2) is 6.29. The maximum absolute atomic E-state index is 12.7. The topological polar surface area (TPSA) is 40.6 Å². The number of halogens is 1. The third-order valence-electron chi connectivity index (χ3n) is 4.64. The third kappa shape index (κ3) is 2.84. The van der Waals surface area contributed by atoms with Crippen LogP contribution in [0.2, 0.25) is 5.02 Å². The summed E-state index contributed by atoms with van der Waals surface area (Å²) in [5.74, 6) is 0.186. The molecule has 22 heavy (non-hydrogen) atoms. The average molecular weight is 321 g/mol. The van der Waals surface area contributed by atoms with Gasteiger partial charge in [-0.25, -0.2) is 0 Å². The fraction of sp³-hybridized carbons (Fsp3) is 0.529. The SMILES string of the molecule is CCCN1C(=O)[C@H]2CC[C@@H]1CN(C(=O)c1ccc(Cl)cc1)C2. The van der Waals surface area contributed by atoms with E-state index in [-0.39, 0.29) is 23.8 Å². The highest BCUT2D eigenvalue weighted by Gasteiger charge is 2.41. The summed E-state index contributed by atoms with van der Waals surface area (Å²) in [4.78, 5) is 29.1. The molecule has 5 heteroatoms. The van der Waals surface area contributed by atoms with E-state index in [1.165, 1.54) is 0 Å². The Kier molecular flexibility index (Phi) is 4.39. The second-order valence-electron chi connectivity index (χ2n) is 6.18. The van der Waals surface area contributed by atoms with E-state index in [1.54, 1.807) is 24.3 Å². The number of piperidine rings is 1. The van der Waals surface area contributed by atoms with Gasteiger partial charge >= 0.3 is 0 Å². The first-order valence-corrected chi connectivity index (χ1v) is 8.33. The van der Waals surface area contributed by atoms with E-state index < -0.39 is 0 Å². The van der Waals surface area contributed by atoms with Gasteiger partial charge in [-0.15, -0.1) is 0 Å². The number of amides is 2. The summed E-state index contributed by atoms with van der Waals surface area (Å²) in [7, 11) is 0. The Hall–Kier alpha value is -1.55. The lowest BCUT2D eigenvalue weighted by Crippen LogP contribution is -2.48. The summed E-state index contributed by atoms with van der Waals surface area (Å²) in [6, 6.07) is 7.14. The highest BCUT2D eigenvalue weighted by atomic mass is 35.5. The molecular formula is C17H21ClN2O2. The maximum atomic E-state index is 12.7. The average Bonchev–Trinajstić information content (AvgIpc) is 2.80. The van der Waals surface area contributed by atoms with Crippen molar-refractivity contribution >= 4 is 23.4 Å². The minimum atomic E-state index is -0.0402. The van der Waals surface area contributed by atoms with Gasteiger partial charge in [0.1, 0.15) is 0 Å². The van der Waals surface area contributed by atoms with Gasteiger partial charge in [-0.2, -0.15) is 0 Å². The Morgan fingerprint density at radius 3 is 2.64 bits per heavy atom. The van der Waals surface area contributed by atoms with Crippen molar-refractivity contribution in [1.82, 2.24) is 9.80 Å². The molecule has 0 N–H and O–H groups in total. The summed E-state index contributed by atoms with van der Waals surface area (Å²) in [5, 5.41) is 0.622. The van der Waals surface area contributed by atoms with Gasteiger partial charge in [0.15, 0.2) is 0 Å². The molecule has 0 saturated carbocycles. The lowest BCUT2D eigenvalue weighted by Gasteiger charge is -2.35. The molecule has 118 valence electrons. The van der Waals surface area contributed by atoms with Gasteiger partial charge in [-0.05, 0) is 43.5 Å². The molecule has 2 amide bonds. The lowest BCUT2D eigenvalue weighted by atomic mass is 9.94. The molecule has 3 aliphatic rings. The number of hydrogen-bond acceptors (Lipinski definition) is 2. The van der Waals surface area contributed by atoms with E-state index >= 15 is 0 Å². The minimum absolute atomic E-state index is 0.000264. The van der Waals surface area contributed by atoms with Gasteiger partial charge in [-0.1, -0.05) is 18.5 Å². The second-order valence-corrected chi connectivity index (χ2v) is 6.61. The van der Waals surface area contributed by atoms with Gasteiger partial charge in [0.05, 0.1) is 5.92 Å². The molecule has 3 saturated heterocycles. The van der Waals surface area contributed by atoms with E-state index in [1.807, 2.05) is 9.80 Å². The number of hydrogen-bond donors (Lipinski definition) is 0. The zero-order valence-corrected chi connectivity index (χ0v) is 13.6. The Labute approximate surface area is 136 Å². The van der Waals surface area contributed by atoms with E-state index in [0.717, 1.165) is 25.8 Å². The Morgan fingerprint density at radius 2 is 1.95 bits per heavy atom. The molecule has 1 aromatic rings. The summed E-state index contributed by atoms with van der Waals surface area (Å²) < 4.78 is 0. The Morgan fingerprint density at radius 1 is 1.23 bits per heavy atom. The van der Waals surface area contributed by atoms with Gasteiger partial charge in [0.2, 0.25) is 5.91 Å². The largest absolute Gasteiger partial charge is 0.338 e. The van der Waals surface area contributed by atoms with Crippen LogP contribution < -0.4 is 0 Å². The molecule has 2 bridgehead atoms. The Bertz CT molecular complexity index is 573. The standard InChI is InChI=1S/C17H21ClN2O2/c1-2-9-20-15-8-5-13(17(20)22)10-19(11-15)16(21)12-3-6-14(18)7-4-12/h3-4,6-7,13,15H,2,5,8-11H2,1H3/t13-,15+/m0/s1. The number of rotatable bonds is 3. The highest BCUT2D eigenvalue weighted by molar-refractivity contribution is 6.30. The van der Waals surface area contributed by atoms with Crippen LogP contribution in [0.4, 0.5) is 0 Å². The fourth-order valence-electron chi connectivity index (χ4n) is 3.52. The molecule has 3 aliphatic heterocycles. The monoisotopic (exact) mass is 320 g/mol. The molecule has 0 aliphatic carbocycles. The molecule has 1 aromatic carbocycles. The van der Waals surface area contributed by atoms with Crippen LogP contribution in [0.15, 0.2) is 24.3 Å². The number of fused-ring (bicyclic) bond motifs is 4. The minimum Gasteiger partial charge on any atom is -0.338 e. The van der Waals surface area contributed by atoms with Crippen LogP contribution in [-0.4, -0.2) is 47.3 Å².